The molecule has 0 aliphatic carbocycles. The van der Waals surface area contributed by atoms with Crippen LogP contribution >= 0.6 is 0 Å². The number of benzene rings is 1. The standard InChI is InChI=1S/C16H21N3O2/c1-2-8-21-14-5-3-4-13(9-14)16-18-17-15-7-6-12(11-20)10-19(15)16/h3-5,9,12,20H,2,6-8,10-11H2,1H3. The third-order valence-corrected chi connectivity index (χ3v) is 3.87. The van der Waals surface area contributed by atoms with Crippen LogP contribution in [0, 0.1) is 5.92 Å². The van der Waals surface area contributed by atoms with E-state index in [1.165, 1.54) is 0 Å². The first-order chi connectivity index (χ1) is 10.3. The summed E-state index contributed by atoms with van der Waals surface area (Å²) in [5, 5.41) is 18.0. The normalized spacial score (nSPS) is 17.5. The highest BCUT2D eigenvalue weighted by molar-refractivity contribution is 5.58. The second-order valence-electron chi connectivity index (χ2n) is 5.51. The lowest BCUT2D eigenvalue weighted by Crippen LogP contribution is -2.23. The molecule has 1 N–H and O–H groups in total. The Morgan fingerprint density at radius 2 is 2.29 bits per heavy atom. The molecule has 1 unspecified atom stereocenters. The Hall–Kier alpha value is -1.88. The maximum absolute atomic E-state index is 9.38. The molecule has 1 aliphatic rings. The summed E-state index contributed by atoms with van der Waals surface area (Å²) in [6.45, 7) is 3.81. The predicted octanol–water partition coefficient (Wildman–Crippen LogP) is 2.29. The molecule has 0 fully saturated rings. The highest BCUT2D eigenvalue weighted by atomic mass is 16.5. The molecule has 21 heavy (non-hydrogen) atoms. The minimum atomic E-state index is 0.219. The number of aromatic nitrogens is 3. The quantitative estimate of drug-likeness (QED) is 0.916. The van der Waals surface area contributed by atoms with Crippen LogP contribution in [0.3, 0.4) is 0 Å². The first-order valence-electron chi connectivity index (χ1n) is 7.58. The van der Waals surface area contributed by atoms with Gasteiger partial charge in [0.1, 0.15) is 11.6 Å². The number of hydrogen-bond acceptors (Lipinski definition) is 4. The van der Waals surface area contributed by atoms with E-state index in [2.05, 4.69) is 21.7 Å². The summed E-state index contributed by atoms with van der Waals surface area (Å²) in [6, 6.07) is 7.98. The van der Waals surface area contributed by atoms with Gasteiger partial charge in [-0.15, -0.1) is 10.2 Å². The second-order valence-corrected chi connectivity index (χ2v) is 5.51. The number of aryl methyl sites for hydroxylation is 1. The lowest BCUT2D eigenvalue weighted by atomic mass is 10.00. The largest absolute Gasteiger partial charge is 0.494 e. The van der Waals surface area contributed by atoms with Gasteiger partial charge in [0.25, 0.3) is 0 Å². The molecule has 1 aromatic carbocycles. The van der Waals surface area contributed by atoms with Crippen molar-refractivity contribution < 1.29 is 9.84 Å². The number of nitrogens with zero attached hydrogens (tertiary/aromatic N) is 3. The molecule has 0 bridgehead atoms. The SMILES string of the molecule is CCCOc1cccc(-c2nnc3n2CC(CO)CC3)c1. The molecule has 0 radical (unpaired) electrons. The van der Waals surface area contributed by atoms with Crippen LogP contribution in [-0.4, -0.2) is 33.1 Å². The summed E-state index contributed by atoms with van der Waals surface area (Å²) < 4.78 is 7.81. The summed E-state index contributed by atoms with van der Waals surface area (Å²) in [5.41, 5.74) is 1.01. The lowest BCUT2D eigenvalue weighted by molar-refractivity contribution is 0.191. The van der Waals surface area contributed by atoms with Gasteiger partial charge in [-0.05, 0) is 25.0 Å². The van der Waals surface area contributed by atoms with Gasteiger partial charge in [0.15, 0.2) is 5.82 Å². The first-order valence-corrected chi connectivity index (χ1v) is 7.58. The Balaban J connectivity index is 1.89. The fourth-order valence-corrected chi connectivity index (χ4v) is 2.70. The number of aliphatic hydroxyl groups is 1. The van der Waals surface area contributed by atoms with Crippen molar-refractivity contribution in [3.8, 4) is 17.1 Å². The van der Waals surface area contributed by atoms with E-state index in [-0.39, 0.29) is 6.61 Å². The van der Waals surface area contributed by atoms with Gasteiger partial charge in [-0.25, -0.2) is 0 Å². The molecule has 1 aromatic heterocycles. The third kappa shape index (κ3) is 2.93. The van der Waals surface area contributed by atoms with E-state index in [9.17, 15) is 5.11 Å². The van der Waals surface area contributed by atoms with Gasteiger partial charge in [-0.1, -0.05) is 19.1 Å². The molecule has 0 saturated heterocycles. The van der Waals surface area contributed by atoms with Gasteiger partial charge in [-0.3, -0.25) is 0 Å². The van der Waals surface area contributed by atoms with Crippen molar-refractivity contribution in [2.45, 2.75) is 32.7 Å². The summed E-state index contributed by atoms with van der Waals surface area (Å²) >= 11 is 0. The molecule has 1 atom stereocenters. The van der Waals surface area contributed by atoms with Crippen molar-refractivity contribution in [3.63, 3.8) is 0 Å². The van der Waals surface area contributed by atoms with E-state index in [1.807, 2.05) is 24.3 Å². The molecule has 5 heteroatoms. The number of hydrogen-bond donors (Lipinski definition) is 1. The Morgan fingerprint density at radius 1 is 1.38 bits per heavy atom. The van der Waals surface area contributed by atoms with Crippen molar-refractivity contribution >= 4 is 0 Å². The molecule has 5 nitrogen and oxygen atoms in total. The predicted molar refractivity (Wildman–Crippen MR) is 80.1 cm³/mol. The fourth-order valence-electron chi connectivity index (χ4n) is 2.70. The Kier molecular flexibility index (Phi) is 4.20. The van der Waals surface area contributed by atoms with E-state index in [1.54, 1.807) is 0 Å². The monoisotopic (exact) mass is 287 g/mol. The molecule has 2 aromatic rings. The molecular formula is C16H21N3O2. The Labute approximate surface area is 124 Å². The molecule has 0 saturated carbocycles. The number of fused-ring (bicyclic) bond motifs is 1. The first kappa shape index (κ1) is 14.1. The van der Waals surface area contributed by atoms with Crippen LogP contribution in [0.2, 0.25) is 0 Å². The van der Waals surface area contributed by atoms with Crippen molar-refractivity contribution in [3.05, 3.63) is 30.1 Å². The molecule has 2 heterocycles. The van der Waals surface area contributed by atoms with Gasteiger partial charge in [0, 0.05) is 31.1 Å². The van der Waals surface area contributed by atoms with Gasteiger partial charge in [0.05, 0.1) is 6.61 Å². The van der Waals surface area contributed by atoms with Crippen molar-refractivity contribution in [2.75, 3.05) is 13.2 Å². The van der Waals surface area contributed by atoms with Crippen LogP contribution in [0.1, 0.15) is 25.6 Å². The summed E-state index contributed by atoms with van der Waals surface area (Å²) in [7, 11) is 0. The van der Waals surface area contributed by atoms with Crippen molar-refractivity contribution in [1.82, 2.24) is 14.8 Å². The Bertz CT molecular complexity index is 609. The van der Waals surface area contributed by atoms with Crippen LogP contribution in [0.15, 0.2) is 24.3 Å². The number of ether oxygens (including phenoxy) is 1. The van der Waals surface area contributed by atoms with Gasteiger partial charge < -0.3 is 14.4 Å². The fraction of sp³-hybridized carbons (Fsp3) is 0.500. The van der Waals surface area contributed by atoms with Gasteiger partial charge in [-0.2, -0.15) is 0 Å². The van der Waals surface area contributed by atoms with Gasteiger partial charge >= 0.3 is 0 Å². The molecule has 1 aliphatic heterocycles. The van der Waals surface area contributed by atoms with Crippen LogP contribution in [0.4, 0.5) is 0 Å². The van der Waals surface area contributed by atoms with Gasteiger partial charge in [0.2, 0.25) is 0 Å². The molecule has 0 spiro atoms. The van der Waals surface area contributed by atoms with Crippen molar-refractivity contribution in [1.29, 1.82) is 0 Å². The van der Waals surface area contributed by atoms with Crippen LogP contribution in [-0.2, 0) is 13.0 Å². The zero-order chi connectivity index (χ0) is 14.7. The van der Waals surface area contributed by atoms with Crippen LogP contribution in [0.5, 0.6) is 5.75 Å². The van der Waals surface area contributed by atoms with Crippen LogP contribution < -0.4 is 4.74 Å². The smallest absolute Gasteiger partial charge is 0.164 e. The summed E-state index contributed by atoms with van der Waals surface area (Å²) in [5.74, 6) is 3.03. The van der Waals surface area contributed by atoms with E-state index < -0.39 is 0 Å². The molecular weight excluding hydrogens is 266 g/mol. The highest BCUT2D eigenvalue weighted by Gasteiger charge is 2.23. The average molecular weight is 287 g/mol. The van der Waals surface area contributed by atoms with E-state index >= 15 is 0 Å². The minimum absolute atomic E-state index is 0.219. The zero-order valence-corrected chi connectivity index (χ0v) is 12.3. The topological polar surface area (TPSA) is 60.2 Å². The van der Waals surface area contributed by atoms with Crippen LogP contribution in [0.25, 0.3) is 11.4 Å². The third-order valence-electron chi connectivity index (χ3n) is 3.87. The average Bonchev–Trinajstić information content (AvgIpc) is 2.96. The van der Waals surface area contributed by atoms with E-state index in [4.69, 9.17) is 4.74 Å². The maximum Gasteiger partial charge on any atom is 0.164 e. The molecule has 0 amide bonds. The minimum Gasteiger partial charge on any atom is -0.494 e. The number of rotatable bonds is 5. The zero-order valence-electron chi connectivity index (χ0n) is 12.3. The number of aliphatic hydroxyl groups excluding tert-OH is 1. The summed E-state index contributed by atoms with van der Waals surface area (Å²) in [6.07, 6.45) is 2.85. The Morgan fingerprint density at radius 3 is 3.10 bits per heavy atom. The lowest BCUT2D eigenvalue weighted by Gasteiger charge is -2.22. The van der Waals surface area contributed by atoms with Crippen molar-refractivity contribution in [2.24, 2.45) is 5.92 Å². The second kappa shape index (κ2) is 6.26. The van der Waals surface area contributed by atoms with E-state index in [0.717, 1.165) is 48.8 Å². The maximum atomic E-state index is 9.38. The van der Waals surface area contributed by atoms with E-state index in [0.29, 0.717) is 12.5 Å². The summed E-state index contributed by atoms with van der Waals surface area (Å²) in [4.78, 5) is 0. The highest BCUT2D eigenvalue weighted by Crippen LogP contribution is 2.27. The molecule has 3 rings (SSSR count). The molecule has 112 valence electrons.